The highest BCUT2D eigenvalue weighted by Gasteiger charge is 2.19. The minimum atomic E-state index is -0.465. The van der Waals surface area contributed by atoms with E-state index in [1.54, 1.807) is 6.07 Å². The van der Waals surface area contributed by atoms with Crippen LogP contribution in [0.25, 0.3) is 0 Å². The molecule has 0 fully saturated rings. The number of hydrogen-bond donors (Lipinski definition) is 2. The number of benzene rings is 2. The van der Waals surface area contributed by atoms with Crippen LogP contribution in [0.15, 0.2) is 36.4 Å². The van der Waals surface area contributed by atoms with Crippen LogP contribution in [0.3, 0.4) is 0 Å². The van der Waals surface area contributed by atoms with Crippen LogP contribution < -0.4 is 10.1 Å². The van der Waals surface area contributed by atoms with E-state index in [-0.39, 0.29) is 23.8 Å². The molecule has 0 spiro atoms. The van der Waals surface area contributed by atoms with E-state index in [1.807, 2.05) is 32.0 Å². The van der Waals surface area contributed by atoms with E-state index >= 15 is 0 Å². The summed E-state index contributed by atoms with van der Waals surface area (Å²) < 4.78 is 5.06. The summed E-state index contributed by atoms with van der Waals surface area (Å²) in [5, 5.41) is 12.7. The van der Waals surface area contributed by atoms with Crippen molar-refractivity contribution in [2.45, 2.75) is 13.8 Å². The largest absolute Gasteiger partial charge is 0.507 e. The van der Waals surface area contributed by atoms with Crippen LogP contribution in [0.5, 0.6) is 11.5 Å². The summed E-state index contributed by atoms with van der Waals surface area (Å²) in [5.74, 6) is -0.485. The Bertz CT molecular complexity index is 802. The minimum Gasteiger partial charge on any atom is -0.507 e. The highest BCUT2D eigenvalue weighted by molar-refractivity contribution is 6.01. The highest BCUT2D eigenvalue weighted by atomic mass is 16.5. The highest BCUT2D eigenvalue weighted by Crippen LogP contribution is 2.24. The number of carbonyl (C=O) groups excluding carboxylic acids is 2. The fourth-order valence-electron chi connectivity index (χ4n) is 2.38. The number of ether oxygens (including phenoxy) is 1. The van der Waals surface area contributed by atoms with Gasteiger partial charge in [-0.15, -0.1) is 0 Å². The van der Waals surface area contributed by atoms with Gasteiger partial charge >= 0.3 is 0 Å². The maximum atomic E-state index is 12.5. The van der Waals surface area contributed by atoms with Gasteiger partial charge in [-0.1, -0.05) is 12.1 Å². The number of aryl methyl sites for hydroxylation is 1. The van der Waals surface area contributed by atoms with Crippen LogP contribution in [0.2, 0.25) is 0 Å². The van der Waals surface area contributed by atoms with Crippen molar-refractivity contribution in [1.29, 1.82) is 0 Å². The first-order valence-corrected chi connectivity index (χ1v) is 7.82. The standard InChI is InChI=1S/C19H22N2O4/c1-12-6-5-7-16(13(12)2)20-18(23)11-21(3)19(24)15-10-14(25-4)8-9-17(15)22/h5-10,22H,11H2,1-4H3,(H,20,23). The van der Waals surface area contributed by atoms with Gasteiger partial charge in [0.2, 0.25) is 5.91 Å². The molecule has 0 aliphatic rings. The van der Waals surface area contributed by atoms with Gasteiger partial charge < -0.3 is 20.1 Å². The van der Waals surface area contributed by atoms with E-state index in [1.165, 1.54) is 31.2 Å². The molecule has 0 aliphatic carbocycles. The maximum absolute atomic E-state index is 12.5. The lowest BCUT2D eigenvalue weighted by Gasteiger charge is -2.18. The third-order valence-electron chi connectivity index (χ3n) is 4.04. The molecule has 6 nitrogen and oxygen atoms in total. The Balaban J connectivity index is 2.08. The van der Waals surface area contributed by atoms with Crippen LogP contribution in [0, 0.1) is 13.8 Å². The van der Waals surface area contributed by atoms with E-state index in [0.717, 1.165) is 16.8 Å². The number of phenolic OH excluding ortho intramolecular Hbond substituents is 1. The van der Waals surface area contributed by atoms with Crippen LogP contribution in [0.1, 0.15) is 21.5 Å². The minimum absolute atomic E-state index is 0.0846. The zero-order valence-electron chi connectivity index (χ0n) is 14.8. The van der Waals surface area contributed by atoms with Crippen LogP contribution in [-0.4, -0.2) is 42.5 Å². The second-order valence-electron chi connectivity index (χ2n) is 5.84. The molecule has 2 amide bonds. The summed E-state index contributed by atoms with van der Waals surface area (Å²) in [7, 11) is 2.98. The molecule has 2 N–H and O–H groups in total. The van der Waals surface area contributed by atoms with Gasteiger partial charge in [0.15, 0.2) is 0 Å². The number of hydrogen-bond acceptors (Lipinski definition) is 4. The number of phenols is 1. The molecule has 132 valence electrons. The average Bonchev–Trinajstić information content (AvgIpc) is 2.58. The Morgan fingerprint density at radius 2 is 1.92 bits per heavy atom. The molecule has 2 aromatic rings. The SMILES string of the molecule is COc1ccc(O)c(C(=O)N(C)CC(=O)Nc2cccc(C)c2C)c1. The smallest absolute Gasteiger partial charge is 0.257 e. The first-order chi connectivity index (χ1) is 11.8. The Hall–Kier alpha value is -3.02. The topological polar surface area (TPSA) is 78.9 Å². The molecule has 25 heavy (non-hydrogen) atoms. The van der Waals surface area contributed by atoms with Crippen LogP contribution in [0.4, 0.5) is 5.69 Å². The van der Waals surface area contributed by atoms with Crippen LogP contribution in [-0.2, 0) is 4.79 Å². The summed E-state index contributed by atoms with van der Waals surface area (Å²) >= 11 is 0. The molecule has 0 saturated carbocycles. The molecule has 0 unspecified atom stereocenters. The number of nitrogens with one attached hydrogen (secondary N) is 1. The Kier molecular flexibility index (Phi) is 5.64. The van der Waals surface area contributed by atoms with Crippen molar-refractivity contribution in [2.75, 3.05) is 26.0 Å². The number of amides is 2. The number of methoxy groups -OCH3 is 1. The molecule has 6 heteroatoms. The van der Waals surface area contributed by atoms with E-state index in [2.05, 4.69) is 5.32 Å². The van der Waals surface area contributed by atoms with E-state index in [0.29, 0.717) is 5.75 Å². The molecule has 2 rings (SSSR count). The van der Waals surface area contributed by atoms with Gasteiger partial charge in [0.1, 0.15) is 11.5 Å². The van der Waals surface area contributed by atoms with Gasteiger partial charge in [-0.3, -0.25) is 9.59 Å². The van der Waals surface area contributed by atoms with E-state index < -0.39 is 5.91 Å². The fourth-order valence-corrected chi connectivity index (χ4v) is 2.38. The quantitative estimate of drug-likeness (QED) is 0.876. The molecule has 0 aliphatic heterocycles. The van der Waals surface area contributed by atoms with Crippen molar-refractivity contribution < 1.29 is 19.4 Å². The van der Waals surface area contributed by atoms with Crippen molar-refractivity contribution in [3.63, 3.8) is 0 Å². The number of rotatable bonds is 5. The fraction of sp³-hybridized carbons (Fsp3) is 0.263. The first kappa shape index (κ1) is 18.3. The molecule has 0 radical (unpaired) electrons. The zero-order chi connectivity index (χ0) is 18.6. The predicted molar refractivity (Wildman–Crippen MR) is 96.2 cm³/mol. The maximum Gasteiger partial charge on any atom is 0.257 e. The third-order valence-corrected chi connectivity index (χ3v) is 4.04. The van der Waals surface area contributed by atoms with E-state index in [9.17, 15) is 14.7 Å². The summed E-state index contributed by atoms with van der Waals surface area (Å²) in [4.78, 5) is 26.0. The summed E-state index contributed by atoms with van der Waals surface area (Å²) in [6.07, 6.45) is 0. The summed E-state index contributed by atoms with van der Waals surface area (Å²) in [5.41, 5.74) is 2.86. The van der Waals surface area contributed by atoms with Gasteiger partial charge in [-0.25, -0.2) is 0 Å². The number of nitrogens with zero attached hydrogens (tertiary/aromatic N) is 1. The van der Waals surface area contributed by atoms with Crippen molar-refractivity contribution in [3.8, 4) is 11.5 Å². The molecule has 0 aromatic heterocycles. The summed E-state index contributed by atoms with van der Waals surface area (Å²) in [6, 6.07) is 10.0. The van der Waals surface area contributed by atoms with Gasteiger partial charge in [0.05, 0.1) is 19.2 Å². The molecule has 0 saturated heterocycles. The molecule has 0 heterocycles. The number of aromatic hydroxyl groups is 1. The average molecular weight is 342 g/mol. The number of carbonyl (C=O) groups is 2. The van der Waals surface area contributed by atoms with Gasteiger partial charge in [-0.05, 0) is 49.2 Å². The zero-order valence-corrected chi connectivity index (χ0v) is 14.8. The molecular weight excluding hydrogens is 320 g/mol. The molecule has 0 atom stereocenters. The van der Waals surface area contributed by atoms with Crippen molar-refractivity contribution >= 4 is 17.5 Å². The number of likely N-dealkylation sites (N-methyl/N-ethyl adjacent to an activating group) is 1. The second-order valence-corrected chi connectivity index (χ2v) is 5.84. The third kappa shape index (κ3) is 4.29. The number of anilines is 1. The Morgan fingerprint density at radius 3 is 2.60 bits per heavy atom. The monoisotopic (exact) mass is 342 g/mol. The lowest BCUT2D eigenvalue weighted by atomic mass is 10.1. The molecular formula is C19H22N2O4. The molecule has 0 bridgehead atoms. The lowest BCUT2D eigenvalue weighted by molar-refractivity contribution is -0.116. The van der Waals surface area contributed by atoms with Crippen molar-refractivity contribution in [2.24, 2.45) is 0 Å². The predicted octanol–water partition coefficient (Wildman–Crippen LogP) is 2.73. The Morgan fingerprint density at radius 1 is 1.20 bits per heavy atom. The van der Waals surface area contributed by atoms with Crippen molar-refractivity contribution in [3.05, 3.63) is 53.1 Å². The van der Waals surface area contributed by atoms with Gasteiger partial charge in [-0.2, -0.15) is 0 Å². The molecule has 2 aromatic carbocycles. The van der Waals surface area contributed by atoms with Crippen molar-refractivity contribution in [1.82, 2.24) is 4.90 Å². The van der Waals surface area contributed by atoms with Crippen LogP contribution >= 0.6 is 0 Å². The Labute approximate surface area is 147 Å². The van der Waals surface area contributed by atoms with Gasteiger partial charge in [0.25, 0.3) is 5.91 Å². The normalized spacial score (nSPS) is 10.2. The second kappa shape index (κ2) is 7.70. The van der Waals surface area contributed by atoms with Gasteiger partial charge in [0, 0.05) is 12.7 Å². The lowest BCUT2D eigenvalue weighted by Crippen LogP contribution is -2.35. The first-order valence-electron chi connectivity index (χ1n) is 7.82. The van der Waals surface area contributed by atoms with E-state index in [4.69, 9.17) is 4.74 Å². The summed E-state index contributed by atoms with van der Waals surface area (Å²) in [6.45, 7) is 3.75.